The van der Waals surface area contributed by atoms with E-state index in [2.05, 4.69) is 15.8 Å². The molecule has 1 saturated carbocycles. The van der Waals surface area contributed by atoms with Gasteiger partial charge in [-0.2, -0.15) is 0 Å². The second-order valence-electron chi connectivity index (χ2n) is 9.91. The van der Waals surface area contributed by atoms with Crippen LogP contribution in [0.4, 0.5) is 5.69 Å². The van der Waals surface area contributed by atoms with E-state index in [0.717, 1.165) is 19.3 Å². The van der Waals surface area contributed by atoms with Gasteiger partial charge in [0.25, 0.3) is 11.8 Å². The fourth-order valence-corrected chi connectivity index (χ4v) is 5.34. The van der Waals surface area contributed by atoms with Gasteiger partial charge in [0.2, 0.25) is 5.91 Å². The standard InChI is InChI=1S/C26H32N4O6/c1-15-11-20(29-36-15)25(32)28-17-7-10-22-19(12-17)26(33)30(2)21-9-8-18(35-23(21)14-34-22)13-24(31)27-16-5-3-4-6-16/h7,10-12,16,18,21,23H,3-6,8-9,13-14H2,1-2H3,(H,27,31)(H,28,32)/t18-,21+,23-/m1/s1. The minimum absolute atomic E-state index is 0.0299. The Morgan fingerprint density at radius 3 is 2.69 bits per heavy atom. The summed E-state index contributed by atoms with van der Waals surface area (Å²) in [6.45, 7) is 1.97. The van der Waals surface area contributed by atoms with E-state index in [1.165, 1.54) is 12.8 Å². The Balaban J connectivity index is 1.25. The first-order valence-corrected chi connectivity index (χ1v) is 12.6. The normalized spacial score (nSPS) is 24.2. The summed E-state index contributed by atoms with van der Waals surface area (Å²) >= 11 is 0. The third kappa shape index (κ3) is 5.23. The van der Waals surface area contributed by atoms with Crippen molar-refractivity contribution in [2.24, 2.45) is 0 Å². The zero-order valence-electron chi connectivity index (χ0n) is 20.6. The molecule has 0 bridgehead atoms. The Hall–Kier alpha value is -3.40. The van der Waals surface area contributed by atoms with Crippen molar-refractivity contribution in [2.75, 3.05) is 19.0 Å². The molecule has 0 radical (unpaired) electrons. The van der Waals surface area contributed by atoms with Crippen molar-refractivity contribution in [3.8, 4) is 5.75 Å². The lowest BCUT2D eigenvalue weighted by Crippen LogP contribution is -2.54. The number of likely N-dealkylation sites (N-methyl/N-ethyl adjacent to an activating group) is 1. The van der Waals surface area contributed by atoms with Crippen LogP contribution in [0.1, 0.15) is 71.6 Å². The summed E-state index contributed by atoms with van der Waals surface area (Å²) in [7, 11) is 1.76. The number of benzene rings is 1. The first-order valence-electron chi connectivity index (χ1n) is 12.6. The lowest BCUT2D eigenvalue weighted by Gasteiger charge is -2.42. The third-order valence-corrected chi connectivity index (χ3v) is 7.26. The van der Waals surface area contributed by atoms with E-state index in [1.54, 1.807) is 43.1 Å². The van der Waals surface area contributed by atoms with Crippen LogP contribution in [-0.4, -0.2) is 65.7 Å². The summed E-state index contributed by atoms with van der Waals surface area (Å²) in [5, 5.41) is 9.60. The number of nitrogens with zero attached hydrogens (tertiary/aromatic N) is 2. The molecule has 1 aromatic heterocycles. The quantitative estimate of drug-likeness (QED) is 0.652. The maximum atomic E-state index is 13.4. The fraction of sp³-hybridized carbons (Fsp3) is 0.538. The van der Waals surface area contributed by atoms with Crippen LogP contribution in [0, 0.1) is 6.92 Å². The first-order chi connectivity index (χ1) is 17.4. The lowest BCUT2D eigenvalue weighted by molar-refractivity contribution is -0.134. The summed E-state index contributed by atoms with van der Waals surface area (Å²) in [5.41, 5.74) is 0.978. The summed E-state index contributed by atoms with van der Waals surface area (Å²) in [5.74, 6) is 0.342. The van der Waals surface area contributed by atoms with Gasteiger partial charge in [-0.15, -0.1) is 0 Å². The highest BCUT2D eigenvalue weighted by Gasteiger charge is 2.39. The van der Waals surface area contributed by atoms with Crippen LogP contribution < -0.4 is 15.4 Å². The maximum Gasteiger partial charge on any atom is 0.277 e. The van der Waals surface area contributed by atoms with Crippen LogP contribution >= 0.6 is 0 Å². The molecule has 36 heavy (non-hydrogen) atoms. The van der Waals surface area contributed by atoms with Crippen LogP contribution in [0.15, 0.2) is 28.8 Å². The summed E-state index contributed by atoms with van der Waals surface area (Å²) < 4.78 is 17.2. The molecular weight excluding hydrogens is 464 g/mol. The zero-order valence-corrected chi connectivity index (χ0v) is 20.6. The van der Waals surface area contributed by atoms with E-state index in [9.17, 15) is 14.4 Å². The molecule has 2 aromatic rings. The Morgan fingerprint density at radius 2 is 1.94 bits per heavy atom. The number of hydrogen-bond acceptors (Lipinski definition) is 7. The Morgan fingerprint density at radius 1 is 1.14 bits per heavy atom. The van der Waals surface area contributed by atoms with Crippen molar-refractivity contribution in [1.82, 2.24) is 15.4 Å². The largest absolute Gasteiger partial charge is 0.490 e. The highest BCUT2D eigenvalue weighted by atomic mass is 16.5. The number of nitrogens with one attached hydrogen (secondary N) is 2. The number of ether oxygens (including phenoxy) is 2. The lowest BCUT2D eigenvalue weighted by atomic mass is 9.94. The Labute approximate surface area is 209 Å². The number of rotatable bonds is 5. The van der Waals surface area contributed by atoms with E-state index in [-0.39, 0.29) is 48.4 Å². The van der Waals surface area contributed by atoms with E-state index in [0.29, 0.717) is 35.6 Å². The van der Waals surface area contributed by atoms with Crippen molar-refractivity contribution >= 4 is 23.4 Å². The molecule has 2 fully saturated rings. The van der Waals surface area contributed by atoms with Gasteiger partial charge in [-0.25, -0.2) is 0 Å². The van der Waals surface area contributed by atoms with E-state index in [4.69, 9.17) is 14.0 Å². The monoisotopic (exact) mass is 496 g/mol. The van der Waals surface area contributed by atoms with Gasteiger partial charge in [0.15, 0.2) is 5.69 Å². The molecule has 3 atom stereocenters. The molecule has 5 rings (SSSR count). The molecule has 1 aliphatic carbocycles. The average molecular weight is 497 g/mol. The molecular formula is C26H32N4O6. The Kier molecular flexibility index (Phi) is 6.95. The molecule has 3 heterocycles. The molecule has 3 aliphatic rings. The zero-order chi connectivity index (χ0) is 25.2. The predicted molar refractivity (Wildman–Crippen MR) is 130 cm³/mol. The number of hydrogen-bond donors (Lipinski definition) is 2. The average Bonchev–Trinajstić information content (AvgIpc) is 3.53. The Bertz CT molecular complexity index is 1140. The van der Waals surface area contributed by atoms with Gasteiger partial charge in [0, 0.05) is 24.8 Å². The van der Waals surface area contributed by atoms with Crippen molar-refractivity contribution in [3.05, 3.63) is 41.3 Å². The van der Waals surface area contributed by atoms with Crippen LogP contribution in [0.2, 0.25) is 0 Å². The second-order valence-corrected chi connectivity index (χ2v) is 9.91. The van der Waals surface area contributed by atoms with Crippen molar-refractivity contribution in [3.63, 3.8) is 0 Å². The summed E-state index contributed by atoms with van der Waals surface area (Å²) in [6, 6.07) is 6.61. The van der Waals surface area contributed by atoms with E-state index < -0.39 is 5.91 Å². The summed E-state index contributed by atoms with van der Waals surface area (Å²) in [6.07, 6.45) is 5.64. The number of carbonyl (C=O) groups is 3. The van der Waals surface area contributed by atoms with Crippen LogP contribution in [-0.2, 0) is 9.53 Å². The van der Waals surface area contributed by atoms with Gasteiger partial charge in [-0.05, 0) is 50.8 Å². The summed E-state index contributed by atoms with van der Waals surface area (Å²) in [4.78, 5) is 40.0. The van der Waals surface area contributed by atoms with Gasteiger partial charge < -0.3 is 29.5 Å². The number of carbonyl (C=O) groups excluding carboxylic acids is 3. The third-order valence-electron chi connectivity index (χ3n) is 7.26. The molecule has 0 unspecified atom stereocenters. The van der Waals surface area contributed by atoms with Crippen molar-refractivity contribution in [1.29, 1.82) is 0 Å². The van der Waals surface area contributed by atoms with Crippen molar-refractivity contribution < 1.29 is 28.4 Å². The molecule has 3 amide bonds. The SMILES string of the molecule is Cc1cc(C(=O)Nc2ccc3c(c2)C(=O)N(C)[C@H]2CC[C@H](CC(=O)NC4CCCC4)O[C@@H]2CO3)no1. The van der Waals surface area contributed by atoms with Gasteiger partial charge in [-0.1, -0.05) is 18.0 Å². The topological polar surface area (TPSA) is 123 Å². The van der Waals surface area contributed by atoms with E-state index in [1.807, 2.05) is 0 Å². The molecule has 1 saturated heterocycles. The molecule has 1 aromatic carbocycles. The molecule has 10 heteroatoms. The number of anilines is 1. The maximum absolute atomic E-state index is 13.4. The van der Waals surface area contributed by atoms with Gasteiger partial charge in [0.05, 0.1) is 24.1 Å². The van der Waals surface area contributed by atoms with Crippen LogP contribution in [0.5, 0.6) is 5.75 Å². The van der Waals surface area contributed by atoms with Gasteiger partial charge >= 0.3 is 0 Å². The van der Waals surface area contributed by atoms with Crippen LogP contribution in [0.3, 0.4) is 0 Å². The molecule has 192 valence electrons. The molecule has 0 spiro atoms. The number of aromatic nitrogens is 1. The predicted octanol–water partition coefficient (Wildman–Crippen LogP) is 3.06. The molecule has 2 N–H and O–H groups in total. The smallest absolute Gasteiger partial charge is 0.277 e. The fourth-order valence-electron chi connectivity index (χ4n) is 5.34. The van der Waals surface area contributed by atoms with Crippen molar-refractivity contribution in [2.45, 2.75) is 76.2 Å². The number of fused-ring (bicyclic) bond motifs is 2. The first kappa shape index (κ1) is 24.3. The van der Waals surface area contributed by atoms with Gasteiger partial charge in [0.1, 0.15) is 24.2 Å². The molecule has 10 nitrogen and oxygen atoms in total. The second kappa shape index (κ2) is 10.3. The van der Waals surface area contributed by atoms with E-state index >= 15 is 0 Å². The number of amides is 3. The van der Waals surface area contributed by atoms with Gasteiger partial charge in [-0.3, -0.25) is 14.4 Å². The highest BCUT2D eigenvalue weighted by molar-refractivity contribution is 6.04. The minimum atomic E-state index is -0.428. The minimum Gasteiger partial charge on any atom is -0.490 e. The van der Waals surface area contributed by atoms with Crippen LogP contribution in [0.25, 0.3) is 0 Å². The highest BCUT2D eigenvalue weighted by Crippen LogP contribution is 2.32. The molecule has 2 aliphatic heterocycles. The number of aryl methyl sites for hydroxylation is 1.